The van der Waals surface area contributed by atoms with Gasteiger partial charge in [0, 0.05) is 40.2 Å². The van der Waals surface area contributed by atoms with Crippen LogP contribution in [0.25, 0.3) is 0 Å². The smallest absolute Gasteiger partial charge is 0.222 e. The summed E-state index contributed by atoms with van der Waals surface area (Å²) in [4.78, 5) is 11.2. The molecule has 0 unspecified atom stereocenters. The number of alkyl halides is 3. The van der Waals surface area contributed by atoms with Crippen LogP contribution < -0.4 is 0 Å². The molecule has 0 radical (unpaired) electrons. The second-order valence-electron chi connectivity index (χ2n) is 3.86. The van der Waals surface area contributed by atoms with Gasteiger partial charge >= 0.3 is 0 Å². The summed E-state index contributed by atoms with van der Waals surface area (Å²) in [6.45, 7) is 0. The van der Waals surface area contributed by atoms with Crippen LogP contribution in [-0.2, 0) is 0 Å². The molecule has 0 amide bonds. The number of hydrogen-bond acceptors (Lipinski definition) is 2. The highest BCUT2D eigenvalue weighted by Crippen LogP contribution is 2.30. The van der Waals surface area contributed by atoms with Crippen molar-refractivity contribution >= 4 is 47.8 Å². The van der Waals surface area contributed by atoms with Gasteiger partial charge in [-0.25, -0.2) is 0 Å². The zero-order valence-electron chi connectivity index (χ0n) is 9.26. The SMILES string of the molecule is O=[N+]([O-])C(CCCBr)(CCCBr)CCCBr. The molecule has 0 rings (SSSR count). The second kappa shape index (κ2) is 9.83. The molecule has 0 aliphatic carbocycles. The summed E-state index contributed by atoms with van der Waals surface area (Å²) in [7, 11) is 0. The van der Waals surface area contributed by atoms with Gasteiger partial charge < -0.3 is 0 Å². The summed E-state index contributed by atoms with van der Waals surface area (Å²) in [5.74, 6) is 0. The molecular formula is C10H18Br3NO2. The second-order valence-corrected chi connectivity index (χ2v) is 6.24. The van der Waals surface area contributed by atoms with E-state index in [0.29, 0.717) is 19.3 Å². The fourth-order valence-electron chi connectivity index (χ4n) is 1.84. The Morgan fingerprint density at radius 1 is 0.875 bits per heavy atom. The first-order chi connectivity index (χ1) is 7.63. The van der Waals surface area contributed by atoms with Crippen molar-refractivity contribution in [2.75, 3.05) is 16.0 Å². The Labute approximate surface area is 122 Å². The molecule has 0 N–H and O–H groups in total. The van der Waals surface area contributed by atoms with Gasteiger partial charge in [0.05, 0.1) is 0 Å². The molecule has 0 spiro atoms. The van der Waals surface area contributed by atoms with E-state index in [1.54, 1.807) is 0 Å². The van der Waals surface area contributed by atoms with E-state index in [2.05, 4.69) is 47.8 Å². The average Bonchev–Trinajstić information content (AvgIpc) is 2.28. The van der Waals surface area contributed by atoms with Crippen LogP contribution in [0.3, 0.4) is 0 Å². The van der Waals surface area contributed by atoms with Crippen LogP contribution in [0.15, 0.2) is 0 Å². The van der Waals surface area contributed by atoms with Gasteiger partial charge in [-0.1, -0.05) is 47.8 Å². The molecule has 0 heterocycles. The van der Waals surface area contributed by atoms with Gasteiger partial charge in [-0.3, -0.25) is 10.1 Å². The van der Waals surface area contributed by atoms with E-state index < -0.39 is 5.54 Å². The molecule has 0 aromatic carbocycles. The highest BCUT2D eigenvalue weighted by atomic mass is 79.9. The molecule has 0 saturated heterocycles. The fourth-order valence-corrected chi connectivity index (χ4v) is 2.68. The summed E-state index contributed by atoms with van der Waals surface area (Å²) < 4.78 is 0. The lowest BCUT2D eigenvalue weighted by atomic mass is 9.85. The molecule has 16 heavy (non-hydrogen) atoms. The van der Waals surface area contributed by atoms with Crippen LogP contribution in [0, 0.1) is 10.1 Å². The maximum Gasteiger partial charge on any atom is 0.222 e. The molecule has 0 aliphatic rings. The third-order valence-electron chi connectivity index (χ3n) is 2.71. The maximum absolute atomic E-state index is 11.3. The normalized spacial score (nSPS) is 11.7. The molecule has 0 aromatic rings. The lowest BCUT2D eigenvalue weighted by molar-refractivity contribution is -0.574. The minimum Gasteiger partial charge on any atom is -0.264 e. The third kappa shape index (κ3) is 5.96. The first kappa shape index (κ1) is 16.8. The number of hydrogen-bond donors (Lipinski definition) is 0. The standard InChI is InChI=1S/C10H18Br3NO2/c11-7-1-4-10(14(15)16,5-2-8-12)6-3-9-13/h1-9H2. The minimum atomic E-state index is -0.713. The van der Waals surface area contributed by atoms with Gasteiger partial charge in [0.2, 0.25) is 5.54 Å². The first-order valence-electron chi connectivity index (χ1n) is 5.45. The Bertz CT molecular complexity index is 181. The van der Waals surface area contributed by atoms with Crippen LogP contribution >= 0.6 is 47.8 Å². The van der Waals surface area contributed by atoms with E-state index in [0.717, 1.165) is 35.3 Å². The predicted octanol–water partition coefficient (Wildman–Crippen LogP) is 4.53. The summed E-state index contributed by atoms with van der Waals surface area (Å²) in [5.41, 5.74) is -0.713. The monoisotopic (exact) mass is 421 g/mol. The van der Waals surface area contributed by atoms with Crippen LogP contribution in [-0.4, -0.2) is 26.5 Å². The Hall–Kier alpha value is 0.840. The van der Waals surface area contributed by atoms with Gasteiger partial charge in [-0.2, -0.15) is 0 Å². The molecule has 0 fully saturated rings. The Morgan fingerprint density at radius 3 is 1.38 bits per heavy atom. The van der Waals surface area contributed by atoms with Gasteiger partial charge in [0.15, 0.2) is 0 Å². The molecule has 0 aromatic heterocycles. The van der Waals surface area contributed by atoms with Crippen molar-refractivity contribution in [1.82, 2.24) is 0 Å². The van der Waals surface area contributed by atoms with E-state index in [4.69, 9.17) is 0 Å². The van der Waals surface area contributed by atoms with Crippen molar-refractivity contribution < 1.29 is 4.92 Å². The minimum absolute atomic E-state index is 0.0546. The van der Waals surface area contributed by atoms with Crippen LogP contribution in [0.2, 0.25) is 0 Å². The van der Waals surface area contributed by atoms with Gasteiger partial charge in [0.25, 0.3) is 0 Å². The summed E-state index contributed by atoms with van der Waals surface area (Å²) in [5, 5.41) is 13.8. The van der Waals surface area contributed by atoms with E-state index >= 15 is 0 Å². The highest BCUT2D eigenvalue weighted by Gasteiger charge is 2.40. The summed E-state index contributed by atoms with van der Waals surface area (Å²) >= 11 is 10.0. The Morgan fingerprint density at radius 2 is 1.19 bits per heavy atom. The molecule has 0 atom stereocenters. The van der Waals surface area contributed by atoms with Gasteiger partial charge in [-0.15, -0.1) is 0 Å². The van der Waals surface area contributed by atoms with E-state index in [1.807, 2.05) is 0 Å². The van der Waals surface area contributed by atoms with Crippen molar-refractivity contribution in [3.8, 4) is 0 Å². The molecule has 96 valence electrons. The lowest BCUT2D eigenvalue weighted by Crippen LogP contribution is -2.38. The Kier molecular flexibility index (Phi) is 10.3. The van der Waals surface area contributed by atoms with Crippen molar-refractivity contribution in [1.29, 1.82) is 0 Å². The molecular weight excluding hydrogens is 406 g/mol. The molecule has 0 bridgehead atoms. The topological polar surface area (TPSA) is 43.1 Å². The highest BCUT2D eigenvalue weighted by molar-refractivity contribution is 9.09. The summed E-state index contributed by atoms with van der Waals surface area (Å²) in [6, 6.07) is 0. The predicted molar refractivity (Wildman–Crippen MR) is 78.8 cm³/mol. The van der Waals surface area contributed by atoms with Crippen LogP contribution in [0.1, 0.15) is 38.5 Å². The number of rotatable bonds is 10. The molecule has 6 heteroatoms. The molecule has 3 nitrogen and oxygen atoms in total. The average molecular weight is 424 g/mol. The van der Waals surface area contributed by atoms with E-state index in [1.165, 1.54) is 0 Å². The van der Waals surface area contributed by atoms with Crippen molar-refractivity contribution in [3.05, 3.63) is 10.1 Å². The summed E-state index contributed by atoms with van der Waals surface area (Å²) in [6.07, 6.45) is 4.62. The quantitative estimate of drug-likeness (QED) is 0.294. The zero-order chi connectivity index (χ0) is 12.4. The van der Waals surface area contributed by atoms with E-state index in [-0.39, 0.29) is 4.92 Å². The van der Waals surface area contributed by atoms with Crippen LogP contribution in [0.5, 0.6) is 0 Å². The van der Waals surface area contributed by atoms with Crippen molar-refractivity contribution in [2.24, 2.45) is 0 Å². The zero-order valence-corrected chi connectivity index (χ0v) is 14.0. The maximum atomic E-state index is 11.3. The number of nitrogens with zero attached hydrogens (tertiary/aromatic N) is 1. The van der Waals surface area contributed by atoms with Crippen molar-refractivity contribution in [3.63, 3.8) is 0 Å². The fraction of sp³-hybridized carbons (Fsp3) is 1.00. The molecule has 0 saturated carbocycles. The third-order valence-corrected chi connectivity index (χ3v) is 4.40. The number of nitro groups is 1. The van der Waals surface area contributed by atoms with Gasteiger partial charge in [-0.05, 0) is 19.3 Å². The van der Waals surface area contributed by atoms with Crippen molar-refractivity contribution in [2.45, 2.75) is 44.1 Å². The Balaban J connectivity index is 4.52. The molecule has 0 aliphatic heterocycles. The van der Waals surface area contributed by atoms with E-state index in [9.17, 15) is 10.1 Å². The largest absolute Gasteiger partial charge is 0.264 e. The van der Waals surface area contributed by atoms with Crippen LogP contribution in [0.4, 0.5) is 0 Å². The number of halogens is 3. The van der Waals surface area contributed by atoms with Gasteiger partial charge in [0.1, 0.15) is 0 Å². The lowest BCUT2D eigenvalue weighted by Gasteiger charge is -2.25. The first-order valence-corrected chi connectivity index (χ1v) is 8.82.